The minimum Gasteiger partial charge on any atom is -0.507 e. The molecule has 16 heteroatoms. The zero-order chi connectivity index (χ0) is 39.0. The summed E-state index contributed by atoms with van der Waals surface area (Å²) in [7, 11) is 0. The summed E-state index contributed by atoms with van der Waals surface area (Å²) in [4.78, 5) is 44.6. The largest absolute Gasteiger partial charge is 0.507 e. The summed E-state index contributed by atoms with van der Waals surface area (Å²) in [6.07, 6.45) is -2.91. The molecule has 2 aromatic heterocycles. The minimum atomic E-state index is -4.69. The predicted octanol–water partition coefficient (Wildman–Crippen LogP) is 8.42. The lowest BCUT2D eigenvalue weighted by Gasteiger charge is -2.45. The summed E-state index contributed by atoms with van der Waals surface area (Å²) in [5.41, 5.74) is -0.738. The number of carbonyl (C=O) groups excluding carboxylic acids is 2. The Morgan fingerprint density at radius 3 is 2.32 bits per heavy atom. The highest BCUT2D eigenvalue weighted by Gasteiger charge is 2.44. The van der Waals surface area contributed by atoms with Gasteiger partial charge in [-0.25, -0.2) is 0 Å². The summed E-state index contributed by atoms with van der Waals surface area (Å²) >= 11 is 0.481. The third-order valence-electron chi connectivity index (χ3n) is 9.67. The molecule has 5 rings (SSSR count). The lowest BCUT2D eigenvalue weighted by atomic mass is 9.73. The zero-order valence-electron chi connectivity index (χ0n) is 29.4. The van der Waals surface area contributed by atoms with Crippen LogP contribution in [0.4, 0.5) is 26.3 Å². The Labute approximate surface area is 307 Å². The molecule has 0 saturated carbocycles. The van der Waals surface area contributed by atoms with E-state index in [1.54, 1.807) is 0 Å². The number of hydrogen-bond donors (Lipinski definition) is 2. The van der Waals surface area contributed by atoms with Crippen molar-refractivity contribution in [3.63, 3.8) is 0 Å². The number of thiophene rings is 1. The number of piperidine rings is 2. The van der Waals surface area contributed by atoms with Crippen LogP contribution >= 0.6 is 11.3 Å². The molecule has 2 N–H and O–H groups in total. The van der Waals surface area contributed by atoms with Crippen LogP contribution in [0.25, 0.3) is 0 Å². The lowest BCUT2D eigenvalue weighted by Crippen LogP contribution is -2.55. The van der Waals surface area contributed by atoms with Gasteiger partial charge in [0.1, 0.15) is 16.4 Å². The summed E-state index contributed by atoms with van der Waals surface area (Å²) in [5.74, 6) is -1.76. The van der Waals surface area contributed by atoms with Crippen LogP contribution in [0.3, 0.4) is 0 Å². The number of likely N-dealkylation sites (tertiary alicyclic amines) is 2. The van der Waals surface area contributed by atoms with Crippen LogP contribution in [0.5, 0.6) is 11.5 Å². The Kier molecular flexibility index (Phi) is 13.8. The monoisotopic (exact) mass is 771 g/mol. The summed E-state index contributed by atoms with van der Waals surface area (Å²) < 4.78 is 82.2. The fourth-order valence-corrected chi connectivity index (χ4v) is 7.55. The Hall–Kier alpha value is -4.34. The molecule has 290 valence electrons. The maximum Gasteiger partial charge on any atom is 0.425 e. The van der Waals surface area contributed by atoms with Crippen LogP contribution in [0.1, 0.15) is 91.6 Å². The van der Waals surface area contributed by atoms with Crippen molar-refractivity contribution in [2.75, 3.05) is 26.2 Å². The van der Waals surface area contributed by atoms with Crippen molar-refractivity contribution in [2.24, 2.45) is 5.92 Å². The van der Waals surface area contributed by atoms with Gasteiger partial charge in [0.05, 0.1) is 23.7 Å². The lowest BCUT2D eigenvalue weighted by molar-refractivity contribution is -0.141. The number of aromatic nitrogens is 1. The van der Waals surface area contributed by atoms with Crippen molar-refractivity contribution < 1.29 is 55.7 Å². The molecule has 0 spiro atoms. The summed E-state index contributed by atoms with van der Waals surface area (Å²) in [6.45, 7) is 5.68. The Morgan fingerprint density at radius 1 is 1.04 bits per heavy atom. The van der Waals surface area contributed by atoms with Crippen LogP contribution in [-0.4, -0.2) is 75.1 Å². The minimum absolute atomic E-state index is 0.0332. The van der Waals surface area contributed by atoms with Gasteiger partial charge in [-0.15, -0.1) is 11.3 Å². The number of nitrogens with zero attached hydrogens (tertiary/aromatic N) is 3. The first-order valence-electron chi connectivity index (χ1n) is 17.4. The topological polar surface area (TPSA) is 120 Å². The number of alkyl halides is 6. The molecule has 3 aromatic rings. The van der Waals surface area contributed by atoms with Crippen LogP contribution in [0.15, 0.2) is 54.2 Å². The Balaban J connectivity index is 0.000000541. The number of pyridine rings is 1. The van der Waals surface area contributed by atoms with Gasteiger partial charge in [0, 0.05) is 61.5 Å². The van der Waals surface area contributed by atoms with Crippen molar-refractivity contribution >= 4 is 29.1 Å². The molecule has 0 radical (unpaired) electrons. The molecule has 2 aliphatic heterocycles. The number of carboxylic acid groups (broad SMARTS) is 1. The third-order valence-corrected chi connectivity index (χ3v) is 10.6. The number of halogens is 6. The molecule has 2 unspecified atom stereocenters. The number of para-hydroxylation sites is 1. The fourth-order valence-electron chi connectivity index (χ4n) is 6.91. The second-order valence-corrected chi connectivity index (χ2v) is 14.3. The van der Waals surface area contributed by atoms with Gasteiger partial charge in [0.25, 0.3) is 5.91 Å². The third kappa shape index (κ3) is 10.6. The van der Waals surface area contributed by atoms with Crippen LogP contribution in [-0.2, 0) is 27.4 Å². The van der Waals surface area contributed by atoms with Crippen LogP contribution < -0.4 is 4.74 Å². The zero-order valence-corrected chi connectivity index (χ0v) is 30.2. The molecule has 1 aromatic carbocycles. The average Bonchev–Trinajstić information content (AvgIpc) is 3.57. The van der Waals surface area contributed by atoms with Gasteiger partial charge in [0.2, 0.25) is 5.91 Å². The number of ether oxygens (including phenoxy) is 1. The molecule has 4 heterocycles. The standard InChI is InChI=1S/C32H40F3N3O5.C5H3F3OS/c1-3-8-26-22(9-6-17-38(26)30(42)23-21-36-16-13-24(23)32(33,34)35)29(41)37-18-14-31(2,15-19-37)25-10-4-5-11-27(25)43-20-7-12-28(39)40;6-5(7,8)4-1-3(9)2-10-4/h4-5,10-11,13,16,21-22,26H,3,6-9,12,14-15,17-20H2,1-2H3,(H,39,40);1-2,9H. The number of amides is 2. The van der Waals surface area contributed by atoms with Gasteiger partial charge < -0.3 is 24.7 Å². The van der Waals surface area contributed by atoms with E-state index in [0.717, 1.165) is 29.4 Å². The maximum absolute atomic E-state index is 13.9. The van der Waals surface area contributed by atoms with E-state index in [1.165, 1.54) is 4.90 Å². The van der Waals surface area contributed by atoms with Crippen molar-refractivity contribution in [1.82, 2.24) is 14.8 Å². The number of benzene rings is 1. The molecular formula is C37H43F6N3O6S. The first-order valence-corrected chi connectivity index (χ1v) is 18.2. The second kappa shape index (κ2) is 17.7. The van der Waals surface area contributed by atoms with E-state index < -0.39 is 52.2 Å². The highest BCUT2D eigenvalue weighted by atomic mass is 32.1. The molecule has 9 nitrogen and oxygen atoms in total. The van der Waals surface area contributed by atoms with E-state index in [0.29, 0.717) is 94.3 Å². The number of carboxylic acids is 1. The summed E-state index contributed by atoms with van der Waals surface area (Å²) in [5, 5.41) is 18.5. The van der Waals surface area contributed by atoms with E-state index in [-0.39, 0.29) is 23.5 Å². The molecule has 2 fully saturated rings. The van der Waals surface area contributed by atoms with E-state index in [9.17, 15) is 40.7 Å². The number of aromatic hydroxyl groups is 1. The van der Waals surface area contributed by atoms with Gasteiger partial charge in [-0.3, -0.25) is 19.4 Å². The number of hydrogen-bond acceptors (Lipinski definition) is 7. The van der Waals surface area contributed by atoms with E-state index in [2.05, 4.69) is 11.9 Å². The van der Waals surface area contributed by atoms with Gasteiger partial charge in [-0.05, 0) is 56.1 Å². The first-order chi connectivity index (χ1) is 25.0. The maximum atomic E-state index is 13.9. The van der Waals surface area contributed by atoms with E-state index >= 15 is 0 Å². The molecule has 2 saturated heterocycles. The number of rotatable bonds is 10. The quantitative estimate of drug-likeness (QED) is 0.157. The molecule has 0 aliphatic carbocycles. The van der Waals surface area contributed by atoms with Crippen LogP contribution in [0, 0.1) is 5.92 Å². The molecule has 2 atom stereocenters. The number of aliphatic carboxylic acids is 1. The summed E-state index contributed by atoms with van der Waals surface area (Å²) in [6, 6.07) is 8.74. The van der Waals surface area contributed by atoms with E-state index in [1.807, 2.05) is 36.1 Å². The normalized spacial score (nSPS) is 18.9. The molecule has 53 heavy (non-hydrogen) atoms. The predicted molar refractivity (Wildman–Crippen MR) is 185 cm³/mol. The molecule has 2 amide bonds. The fraction of sp³-hybridized carbons (Fsp3) is 0.514. The average molecular weight is 772 g/mol. The highest BCUT2D eigenvalue weighted by molar-refractivity contribution is 7.10. The molecular weight excluding hydrogens is 728 g/mol. The van der Waals surface area contributed by atoms with Gasteiger partial charge in [0.15, 0.2) is 0 Å². The van der Waals surface area contributed by atoms with Crippen molar-refractivity contribution in [3.05, 3.63) is 75.7 Å². The van der Waals surface area contributed by atoms with E-state index in [4.69, 9.17) is 14.9 Å². The molecule has 2 aliphatic rings. The van der Waals surface area contributed by atoms with Crippen molar-refractivity contribution in [2.45, 2.75) is 89.0 Å². The smallest absolute Gasteiger partial charge is 0.425 e. The first kappa shape index (κ1) is 41.4. The highest BCUT2D eigenvalue weighted by Crippen LogP contribution is 2.42. The van der Waals surface area contributed by atoms with Crippen LogP contribution in [0.2, 0.25) is 0 Å². The Morgan fingerprint density at radius 2 is 1.74 bits per heavy atom. The van der Waals surface area contributed by atoms with Gasteiger partial charge >= 0.3 is 18.3 Å². The van der Waals surface area contributed by atoms with Gasteiger partial charge in [-0.2, -0.15) is 26.3 Å². The number of carbonyl (C=O) groups is 3. The molecule has 0 bridgehead atoms. The van der Waals surface area contributed by atoms with Crippen molar-refractivity contribution in [3.8, 4) is 11.5 Å². The van der Waals surface area contributed by atoms with Crippen molar-refractivity contribution in [1.29, 1.82) is 0 Å². The Bertz CT molecular complexity index is 1710. The SMILES string of the molecule is CCCC1C(C(=O)N2CCC(C)(c3ccccc3OCCCC(=O)O)CC2)CCCN1C(=O)c1cnccc1C(F)(F)F.Oc1csc(C(F)(F)F)c1. The van der Waals surface area contributed by atoms with Gasteiger partial charge in [-0.1, -0.05) is 38.5 Å². The second-order valence-electron chi connectivity index (χ2n) is 13.4.